The van der Waals surface area contributed by atoms with E-state index in [2.05, 4.69) is 15.9 Å². The van der Waals surface area contributed by atoms with Crippen LogP contribution in [0.15, 0.2) is 68.6 Å². The minimum absolute atomic E-state index is 0.0400. The number of aliphatic hydroxyl groups excluding tert-OH is 1. The van der Waals surface area contributed by atoms with Gasteiger partial charge in [0.1, 0.15) is 17.6 Å². The standard InChI is InChI=1S/C21H16BrNO4S/c1-12-10-13(6-7-15(12)22)19(24)17-18(16-5-2-8-27-16)23(21(26)20(17)25)11-14-4-3-9-28-14/h2-10,18,24H,11H2,1H3/b19-17-. The Kier molecular flexibility index (Phi) is 4.95. The first-order chi connectivity index (χ1) is 13.5. The molecule has 1 fully saturated rings. The Morgan fingerprint density at radius 1 is 1.25 bits per heavy atom. The van der Waals surface area contributed by atoms with Crippen molar-refractivity contribution in [1.82, 2.24) is 4.90 Å². The minimum Gasteiger partial charge on any atom is -0.507 e. The van der Waals surface area contributed by atoms with Gasteiger partial charge >= 0.3 is 0 Å². The number of aliphatic hydroxyl groups is 1. The second kappa shape index (κ2) is 7.41. The van der Waals surface area contributed by atoms with Gasteiger partial charge in [0.25, 0.3) is 11.7 Å². The van der Waals surface area contributed by atoms with Gasteiger partial charge in [-0.2, -0.15) is 0 Å². The molecule has 28 heavy (non-hydrogen) atoms. The maximum atomic E-state index is 12.9. The van der Waals surface area contributed by atoms with E-state index in [1.165, 1.54) is 22.5 Å². The number of thiophene rings is 1. The minimum atomic E-state index is -0.777. The number of nitrogens with zero attached hydrogens (tertiary/aromatic N) is 1. The van der Waals surface area contributed by atoms with Crippen LogP contribution < -0.4 is 0 Å². The number of amides is 1. The number of rotatable bonds is 4. The molecule has 1 saturated heterocycles. The second-order valence-electron chi connectivity index (χ2n) is 6.49. The average Bonchev–Trinajstić information content (AvgIpc) is 3.42. The normalized spacial score (nSPS) is 18.8. The van der Waals surface area contributed by atoms with E-state index in [1.807, 2.05) is 24.4 Å². The van der Waals surface area contributed by atoms with Gasteiger partial charge in [0, 0.05) is 14.9 Å². The zero-order chi connectivity index (χ0) is 19.8. The van der Waals surface area contributed by atoms with E-state index in [-0.39, 0.29) is 17.9 Å². The lowest BCUT2D eigenvalue weighted by Crippen LogP contribution is -2.28. The summed E-state index contributed by atoms with van der Waals surface area (Å²) in [5.41, 5.74) is 1.43. The first-order valence-electron chi connectivity index (χ1n) is 8.58. The summed E-state index contributed by atoms with van der Waals surface area (Å²) in [7, 11) is 0. The Morgan fingerprint density at radius 2 is 2.07 bits per heavy atom. The van der Waals surface area contributed by atoms with Crippen LogP contribution in [0.3, 0.4) is 0 Å². The van der Waals surface area contributed by atoms with E-state index < -0.39 is 17.7 Å². The van der Waals surface area contributed by atoms with Crippen molar-refractivity contribution in [2.45, 2.75) is 19.5 Å². The highest BCUT2D eigenvalue weighted by molar-refractivity contribution is 9.10. The Hall–Kier alpha value is -2.64. The molecule has 1 N–H and O–H groups in total. The molecule has 0 spiro atoms. The van der Waals surface area contributed by atoms with E-state index >= 15 is 0 Å². The highest BCUT2D eigenvalue weighted by Gasteiger charge is 2.47. The molecule has 7 heteroatoms. The van der Waals surface area contributed by atoms with Crippen LogP contribution in [0, 0.1) is 6.92 Å². The van der Waals surface area contributed by atoms with Crippen LogP contribution >= 0.6 is 27.3 Å². The van der Waals surface area contributed by atoms with Crippen LogP contribution in [0.1, 0.15) is 27.8 Å². The number of furan rings is 1. The Morgan fingerprint density at radius 3 is 2.71 bits per heavy atom. The molecule has 1 aliphatic rings. The molecule has 1 aliphatic heterocycles. The fourth-order valence-corrected chi connectivity index (χ4v) is 4.25. The van der Waals surface area contributed by atoms with Crippen molar-refractivity contribution >= 4 is 44.7 Å². The van der Waals surface area contributed by atoms with Gasteiger partial charge in [-0.15, -0.1) is 11.3 Å². The molecule has 0 aliphatic carbocycles. The molecular formula is C21H16BrNO4S. The quantitative estimate of drug-likeness (QED) is 0.338. The van der Waals surface area contributed by atoms with Crippen molar-refractivity contribution in [1.29, 1.82) is 0 Å². The van der Waals surface area contributed by atoms with Gasteiger partial charge in [0.15, 0.2) is 0 Å². The number of hydrogen-bond donors (Lipinski definition) is 1. The van der Waals surface area contributed by atoms with Crippen LogP contribution in [0.5, 0.6) is 0 Å². The molecule has 0 saturated carbocycles. The molecule has 3 aromatic rings. The number of aryl methyl sites for hydroxylation is 1. The molecule has 1 aromatic carbocycles. The Bertz CT molecular complexity index is 1070. The zero-order valence-corrected chi connectivity index (χ0v) is 17.3. The molecule has 0 bridgehead atoms. The summed E-state index contributed by atoms with van der Waals surface area (Å²) in [5, 5.41) is 12.9. The zero-order valence-electron chi connectivity index (χ0n) is 14.9. The maximum Gasteiger partial charge on any atom is 0.296 e. The van der Waals surface area contributed by atoms with Crippen molar-refractivity contribution in [3.05, 3.63) is 85.9 Å². The van der Waals surface area contributed by atoms with Gasteiger partial charge < -0.3 is 14.4 Å². The molecule has 1 unspecified atom stereocenters. The van der Waals surface area contributed by atoms with Crippen LogP contribution in [-0.2, 0) is 16.1 Å². The molecular weight excluding hydrogens is 442 g/mol. The molecule has 3 heterocycles. The molecule has 2 aromatic heterocycles. The van der Waals surface area contributed by atoms with Gasteiger partial charge in [-0.1, -0.05) is 28.1 Å². The lowest BCUT2D eigenvalue weighted by molar-refractivity contribution is -0.140. The number of likely N-dealkylation sites (tertiary alicyclic amines) is 1. The van der Waals surface area contributed by atoms with Gasteiger partial charge in [-0.05, 0) is 48.2 Å². The monoisotopic (exact) mass is 457 g/mol. The summed E-state index contributed by atoms with van der Waals surface area (Å²) >= 11 is 4.93. The van der Waals surface area contributed by atoms with Crippen molar-refractivity contribution in [3.8, 4) is 0 Å². The maximum absolute atomic E-state index is 12.9. The molecule has 1 amide bonds. The molecule has 1 atom stereocenters. The van der Waals surface area contributed by atoms with E-state index in [4.69, 9.17) is 4.42 Å². The summed E-state index contributed by atoms with van der Waals surface area (Å²) in [6.45, 7) is 2.16. The van der Waals surface area contributed by atoms with E-state index in [9.17, 15) is 14.7 Å². The number of halogens is 1. The van der Waals surface area contributed by atoms with E-state index in [1.54, 1.807) is 30.3 Å². The van der Waals surface area contributed by atoms with Gasteiger partial charge in [-0.3, -0.25) is 9.59 Å². The van der Waals surface area contributed by atoms with Gasteiger partial charge in [0.05, 0.1) is 18.4 Å². The van der Waals surface area contributed by atoms with Crippen molar-refractivity contribution in [3.63, 3.8) is 0 Å². The predicted octanol–water partition coefficient (Wildman–Crippen LogP) is 5.03. The van der Waals surface area contributed by atoms with E-state index in [0.29, 0.717) is 11.3 Å². The second-order valence-corrected chi connectivity index (χ2v) is 8.37. The number of ketones is 1. The average molecular weight is 458 g/mol. The Balaban J connectivity index is 1.85. The van der Waals surface area contributed by atoms with Gasteiger partial charge in [0.2, 0.25) is 0 Å². The number of hydrogen-bond acceptors (Lipinski definition) is 5. The van der Waals surface area contributed by atoms with Crippen molar-refractivity contribution in [2.75, 3.05) is 0 Å². The van der Waals surface area contributed by atoms with Crippen LogP contribution in [0.25, 0.3) is 5.76 Å². The fourth-order valence-electron chi connectivity index (χ4n) is 3.30. The number of carbonyl (C=O) groups excluding carboxylic acids is 2. The van der Waals surface area contributed by atoms with Gasteiger partial charge in [-0.25, -0.2) is 0 Å². The number of carbonyl (C=O) groups is 2. The third-order valence-electron chi connectivity index (χ3n) is 4.69. The fraction of sp³-hybridized carbons (Fsp3) is 0.143. The molecule has 5 nitrogen and oxygen atoms in total. The van der Waals surface area contributed by atoms with E-state index in [0.717, 1.165) is 14.9 Å². The summed E-state index contributed by atoms with van der Waals surface area (Å²) < 4.78 is 6.42. The number of benzene rings is 1. The molecule has 0 radical (unpaired) electrons. The molecule has 142 valence electrons. The van der Waals surface area contributed by atoms with Crippen molar-refractivity contribution in [2.24, 2.45) is 0 Å². The summed E-state index contributed by atoms with van der Waals surface area (Å²) in [4.78, 5) is 28.0. The highest BCUT2D eigenvalue weighted by Crippen LogP contribution is 2.41. The largest absolute Gasteiger partial charge is 0.507 e. The van der Waals surface area contributed by atoms with Crippen LogP contribution in [-0.4, -0.2) is 21.7 Å². The number of Topliss-reactive ketones (excluding diaryl/α,β-unsaturated/α-hetero) is 1. The summed E-state index contributed by atoms with van der Waals surface area (Å²) in [5.74, 6) is -1.13. The third kappa shape index (κ3) is 3.21. The van der Waals surface area contributed by atoms with Crippen LogP contribution in [0.4, 0.5) is 0 Å². The first kappa shape index (κ1) is 18.7. The molecule has 4 rings (SSSR count). The summed E-state index contributed by atoms with van der Waals surface area (Å²) in [6.07, 6.45) is 1.49. The highest BCUT2D eigenvalue weighted by atomic mass is 79.9. The van der Waals surface area contributed by atoms with Crippen LogP contribution in [0.2, 0.25) is 0 Å². The lowest BCUT2D eigenvalue weighted by atomic mass is 9.98. The first-order valence-corrected chi connectivity index (χ1v) is 10.3. The SMILES string of the molecule is Cc1cc(/C(O)=C2/C(=O)C(=O)N(Cc3cccs3)C2c2ccco2)ccc1Br. The third-order valence-corrected chi connectivity index (χ3v) is 6.44. The van der Waals surface area contributed by atoms with Crippen molar-refractivity contribution < 1.29 is 19.1 Å². The predicted molar refractivity (Wildman–Crippen MR) is 110 cm³/mol. The Labute approximate surface area is 174 Å². The summed E-state index contributed by atoms with van der Waals surface area (Å²) in [6, 6.07) is 11.7. The lowest BCUT2D eigenvalue weighted by Gasteiger charge is -2.22. The topological polar surface area (TPSA) is 70.8 Å². The smallest absolute Gasteiger partial charge is 0.296 e.